The van der Waals surface area contributed by atoms with Crippen LogP contribution in [-0.4, -0.2) is 58.7 Å². The zero-order valence-electron chi connectivity index (χ0n) is 18.3. The summed E-state index contributed by atoms with van der Waals surface area (Å²) < 4.78 is 16.6. The summed E-state index contributed by atoms with van der Waals surface area (Å²) in [7, 11) is 0. The summed E-state index contributed by atoms with van der Waals surface area (Å²) >= 11 is 4.16. The molecule has 3 heterocycles. The quantitative estimate of drug-likeness (QED) is 0.346. The van der Waals surface area contributed by atoms with Crippen molar-refractivity contribution in [2.75, 3.05) is 12.4 Å². The zero-order valence-corrected chi connectivity index (χ0v) is 19.2. The molecule has 11 heteroatoms. The molecule has 2 amide bonds. The number of fused-ring (bicyclic) bond motifs is 4. The monoisotopic (exact) mass is 464 g/mol. The van der Waals surface area contributed by atoms with Crippen molar-refractivity contribution in [3.05, 3.63) is 30.0 Å². The summed E-state index contributed by atoms with van der Waals surface area (Å²) in [6.45, 7) is 5.23. The van der Waals surface area contributed by atoms with Gasteiger partial charge in [-0.25, -0.2) is 14.8 Å². The number of hydrogen-bond acceptors (Lipinski definition) is 9. The number of carbonyl (C=O) groups excluding carboxylic acids is 3. The van der Waals surface area contributed by atoms with Gasteiger partial charge in [0.25, 0.3) is 5.91 Å². The van der Waals surface area contributed by atoms with Crippen LogP contribution in [0.3, 0.4) is 0 Å². The average Bonchev–Trinajstić information content (AvgIpc) is 3.37. The number of amides is 2. The predicted octanol–water partition coefficient (Wildman–Crippen LogP) is 1.16. The smallest absolute Gasteiger partial charge is 0.329 e. The molecule has 2 N–H and O–H groups in total. The second-order valence-corrected chi connectivity index (χ2v) is 8.64. The molecule has 0 saturated heterocycles. The minimum Gasteiger partial charge on any atom is -0.473 e. The topological polar surface area (TPSA) is 132 Å². The first kappa shape index (κ1) is 23.8. The van der Waals surface area contributed by atoms with Gasteiger partial charge in [0.05, 0.1) is 13.0 Å². The first-order valence-corrected chi connectivity index (χ1v) is 11.1. The van der Waals surface area contributed by atoms with Crippen LogP contribution in [0.4, 0.5) is 0 Å². The van der Waals surface area contributed by atoms with Crippen molar-refractivity contribution in [3.8, 4) is 0 Å². The third-order valence-corrected chi connectivity index (χ3v) is 5.30. The summed E-state index contributed by atoms with van der Waals surface area (Å²) in [6, 6.07) is -0.922. The molecule has 32 heavy (non-hydrogen) atoms. The number of nitrogens with one attached hydrogen (secondary N) is 2. The van der Waals surface area contributed by atoms with Crippen LogP contribution in [0.1, 0.15) is 45.2 Å². The van der Waals surface area contributed by atoms with Crippen molar-refractivity contribution < 1.29 is 28.3 Å². The number of nitrogens with zero attached hydrogens (tertiary/aromatic N) is 2. The van der Waals surface area contributed by atoms with E-state index in [-0.39, 0.29) is 43.2 Å². The molecule has 2 aliphatic heterocycles. The number of hydrogen-bond donors (Lipinski definition) is 3. The summed E-state index contributed by atoms with van der Waals surface area (Å²) in [5.41, 5.74) is -0.913. The fourth-order valence-electron chi connectivity index (χ4n) is 3.15. The van der Waals surface area contributed by atoms with Crippen LogP contribution in [-0.2, 0) is 30.4 Å². The zero-order chi connectivity index (χ0) is 23.3. The Bertz CT molecular complexity index is 927. The van der Waals surface area contributed by atoms with Crippen molar-refractivity contribution in [1.29, 1.82) is 0 Å². The maximum Gasteiger partial charge on any atom is 0.329 e. The fourth-order valence-corrected chi connectivity index (χ4v) is 3.30. The van der Waals surface area contributed by atoms with Gasteiger partial charge in [0, 0.05) is 0 Å². The Morgan fingerprint density at radius 2 is 2.12 bits per heavy atom. The first-order chi connectivity index (χ1) is 15.2. The molecule has 1 aromatic heterocycles. The number of ether oxygens (including phenoxy) is 2. The summed E-state index contributed by atoms with van der Waals surface area (Å²) in [5.74, 6) is -0.678. The molecule has 3 rings (SSSR count). The second kappa shape index (κ2) is 10.2. The van der Waals surface area contributed by atoms with Crippen LogP contribution in [0.2, 0.25) is 0 Å². The van der Waals surface area contributed by atoms with Gasteiger partial charge in [-0.15, -0.1) is 0 Å². The van der Waals surface area contributed by atoms with E-state index in [9.17, 15) is 14.4 Å². The van der Waals surface area contributed by atoms with Crippen molar-refractivity contribution in [3.63, 3.8) is 0 Å². The van der Waals surface area contributed by atoms with Gasteiger partial charge >= 0.3 is 5.97 Å². The minimum atomic E-state index is -1.24. The van der Waals surface area contributed by atoms with Crippen LogP contribution < -0.4 is 10.6 Å². The van der Waals surface area contributed by atoms with E-state index in [1.54, 1.807) is 32.9 Å². The number of oxazole rings is 1. The van der Waals surface area contributed by atoms with Gasteiger partial charge < -0.3 is 24.5 Å². The lowest BCUT2D eigenvalue weighted by Gasteiger charge is -2.26. The minimum absolute atomic E-state index is 0.0119. The molecule has 0 radical (unpaired) electrons. The number of thiol groups is 1. The van der Waals surface area contributed by atoms with Crippen molar-refractivity contribution in [2.45, 2.75) is 57.8 Å². The summed E-state index contributed by atoms with van der Waals surface area (Å²) in [4.78, 5) is 47.0. The highest BCUT2D eigenvalue weighted by atomic mass is 32.1. The van der Waals surface area contributed by atoms with Crippen LogP contribution in [0, 0.1) is 5.92 Å². The van der Waals surface area contributed by atoms with E-state index in [0.717, 1.165) is 0 Å². The summed E-state index contributed by atoms with van der Waals surface area (Å²) in [6.07, 6.45) is 4.57. The van der Waals surface area contributed by atoms with Gasteiger partial charge in [0.1, 0.15) is 25.0 Å². The van der Waals surface area contributed by atoms with E-state index in [4.69, 9.17) is 13.9 Å². The molecule has 0 aliphatic carbocycles. The first-order valence-electron chi connectivity index (χ1n) is 10.4. The van der Waals surface area contributed by atoms with Gasteiger partial charge in [0.2, 0.25) is 17.7 Å². The summed E-state index contributed by atoms with van der Waals surface area (Å²) in [5, 5.41) is 5.43. The highest BCUT2D eigenvalue weighted by Gasteiger charge is 2.43. The molecule has 174 valence electrons. The third-order valence-electron chi connectivity index (χ3n) is 5.04. The van der Waals surface area contributed by atoms with Gasteiger partial charge in [-0.1, -0.05) is 19.9 Å². The number of allylic oxidation sites excluding steroid dienone is 1. The molecular weight excluding hydrogens is 436 g/mol. The largest absolute Gasteiger partial charge is 0.473 e. The molecule has 2 aliphatic rings. The molecule has 1 aromatic rings. The lowest BCUT2D eigenvalue weighted by atomic mass is 10.00. The lowest BCUT2D eigenvalue weighted by Crippen LogP contribution is -2.53. The molecule has 1 unspecified atom stereocenters. The Hall–Kier alpha value is -2.82. The predicted molar refractivity (Wildman–Crippen MR) is 118 cm³/mol. The Kier molecular flexibility index (Phi) is 7.60. The lowest BCUT2D eigenvalue weighted by molar-refractivity contribution is -0.153. The highest BCUT2D eigenvalue weighted by molar-refractivity contribution is 7.80. The van der Waals surface area contributed by atoms with Crippen LogP contribution in [0.25, 0.3) is 0 Å². The van der Waals surface area contributed by atoms with E-state index in [0.29, 0.717) is 17.9 Å². The maximum absolute atomic E-state index is 13.0. The Labute approximate surface area is 191 Å². The standard InChI is InChI=1S/C21H28N4O6S/c1-12(2)17-19(27)31-13(6-4-5-7-32)8-15(26)22-9-16-23-14(10-29-16)18-25-21(3,11-30-18)20(28)24-17/h4,6,10,12-13,17,32H,5,7-9,11H2,1-3H3,(H,22,26)(H,24,28)/t13-,17?,21+/m1/s1. The van der Waals surface area contributed by atoms with E-state index in [2.05, 4.69) is 33.2 Å². The van der Waals surface area contributed by atoms with Gasteiger partial charge in [0.15, 0.2) is 11.2 Å². The van der Waals surface area contributed by atoms with Crippen LogP contribution in [0.5, 0.6) is 0 Å². The molecule has 3 atom stereocenters. The number of aromatic nitrogens is 1. The average molecular weight is 465 g/mol. The van der Waals surface area contributed by atoms with Crippen molar-refractivity contribution in [2.24, 2.45) is 10.9 Å². The Balaban J connectivity index is 1.92. The van der Waals surface area contributed by atoms with Crippen molar-refractivity contribution >= 4 is 36.3 Å². The Morgan fingerprint density at radius 3 is 2.84 bits per heavy atom. The van der Waals surface area contributed by atoms with Gasteiger partial charge in [-0.05, 0) is 31.1 Å². The number of esters is 1. The van der Waals surface area contributed by atoms with Crippen molar-refractivity contribution in [1.82, 2.24) is 15.6 Å². The maximum atomic E-state index is 13.0. The molecule has 10 nitrogen and oxygen atoms in total. The SMILES string of the molecule is CC(C)C1NC(=O)[C@]2(C)COC(=N2)c2coc(n2)CNC(=O)C[C@@H](C=CCCS)OC1=O. The van der Waals surface area contributed by atoms with E-state index >= 15 is 0 Å². The molecular formula is C21H28N4O6S. The molecule has 0 spiro atoms. The van der Waals surface area contributed by atoms with E-state index in [1.165, 1.54) is 6.26 Å². The molecule has 4 bridgehead atoms. The second-order valence-electron chi connectivity index (χ2n) is 8.20. The highest BCUT2D eigenvalue weighted by Crippen LogP contribution is 2.23. The van der Waals surface area contributed by atoms with Crippen LogP contribution in [0.15, 0.2) is 27.8 Å². The Morgan fingerprint density at radius 1 is 1.34 bits per heavy atom. The van der Waals surface area contributed by atoms with Gasteiger partial charge in [-0.3, -0.25) is 9.59 Å². The number of aliphatic imine (C=N–C) groups is 1. The van der Waals surface area contributed by atoms with E-state index in [1.807, 2.05) is 0 Å². The number of rotatable bonds is 4. The molecule has 0 saturated carbocycles. The van der Waals surface area contributed by atoms with E-state index < -0.39 is 29.6 Å². The van der Waals surface area contributed by atoms with Gasteiger partial charge in [-0.2, -0.15) is 12.6 Å². The normalized spacial score (nSPS) is 27.0. The fraction of sp³-hybridized carbons (Fsp3) is 0.571. The number of cyclic esters (lactones) is 1. The van der Waals surface area contributed by atoms with Crippen LogP contribution >= 0.6 is 12.6 Å². The third kappa shape index (κ3) is 5.70. The molecule has 0 fully saturated rings. The molecule has 0 aromatic carbocycles. The number of carbonyl (C=O) groups is 3.